The quantitative estimate of drug-likeness (QED) is 0.336. The average Bonchev–Trinajstić information content (AvgIpc) is 3.27. The first-order valence-corrected chi connectivity index (χ1v) is 11.0. The summed E-state index contributed by atoms with van der Waals surface area (Å²) >= 11 is 6.08. The van der Waals surface area contributed by atoms with E-state index in [0.29, 0.717) is 17.3 Å². The van der Waals surface area contributed by atoms with Gasteiger partial charge in [0.25, 0.3) is 11.6 Å². The summed E-state index contributed by atoms with van der Waals surface area (Å²) < 4.78 is 45.5. The Morgan fingerprint density at radius 2 is 2.06 bits per heavy atom. The Hall–Kier alpha value is -3.58. The number of methoxy groups -OCH3 is 1. The molecule has 2 aromatic rings. The van der Waals surface area contributed by atoms with Gasteiger partial charge in [-0.05, 0) is 36.2 Å². The maximum Gasteiger partial charge on any atom is 0.416 e. The summed E-state index contributed by atoms with van der Waals surface area (Å²) in [4.78, 5) is 37.5. The number of rotatable bonds is 6. The number of hydrogen-bond acceptors (Lipinski definition) is 8. The number of anilines is 1. The van der Waals surface area contributed by atoms with E-state index in [4.69, 9.17) is 16.3 Å². The Morgan fingerprint density at radius 1 is 1.31 bits per heavy atom. The Morgan fingerprint density at radius 3 is 2.67 bits per heavy atom. The summed E-state index contributed by atoms with van der Waals surface area (Å²) in [5, 5.41) is 14.1. The summed E-state index contributed by atoms with van der Waals surface area (Å²) in [6.45, 7) is 1.75. The van der Waals surface area contributed by atoms with Gasteiger partial charge in [-0.15, -0.1) is 0 Å². The molecule has 2 aliphatic heterocycles. The molecular weight excluding hydrogens is 505 g/mol. The van der Waals surface area contributed by atoms with E-state index < -0.39 is 34.0 Å². The van der Waals surface area contributed by atoms with Crippen molar-refractivity contribution < 1.29 is 27.6 Å². The fourth-order valence-corrected chi connectivity index (χ4v) is 4.26. The van der Waals surface area contributed by atoms with Crippen LogP contribution in [0.5, 0.6) is 0 Å². The zero-order valence-electron chi connectivity index (χ0n) is 19.0. The van der Waals surface area contributed by atoms with Crippen molar-refractivity contribution >= 4 is 35.2 Å². The lowest BCUT2D eigenvalue weighted by molar-refractivity contribution is -0.385. The molecule has 0 saturated heterocycles. The first-order chi connectivity index (χ1) is 16.9. The van der Waals surface area contributed by atoms with Crippen LogP contribution < -0.4 is 5.32 Å². The fraction of sp³-hybridized carbons (Fsp3) is 0.364. The lowest BCUT2D eigenvalue weighted by Gasteiger charge is -2.31. The molecule has 1 amide bonds. The number of fused-ring (bicyclic) bond motifs is 1. The number of benzene rings is 1. The summed E-state index contributed by atoms with van der Waals surface area (Å²) in [5.74, 6) is -0.117. The number of nitrogens with zero attached hydrogens (tertiary/aromatic N) is 5. The number of nitro benzene ring substituents is 1. The number of alkyl halides is 3. The number of aliphatic imine (C=N–C) groups is 1. The molecule has 4 rings (SSSR count). The van der Waals surface area contributed by atoms with Crippen LogP contribution in [0.1, 0.15) is 41.8 Å². The number of nitrogens with one attached hydrogen (secondary N) is 1. The largest absolute Gasteiger partial charge is 0.416 e. The Balaban J connectivity index is 1.62. The van der Waals surface area contributed by atoms with Gasteiger partial charge in [-0.2, -0.15) is 13.2 Å². The number of non-ortho nitro benzene ring substituents is 1. The van der Waals surface area contributed by atoms with Gasteiger partial charge in [-0.1, -0.05) is 0 Å². The number of carbonyl (C=O) groups is 1. The molecule has 0 bridgehead atoms. The van der Waals surface area contributed by atoms with Crippen LogP contribution in [0.4, 0.5) is 24.7 Å². The van der Waals surface area contributed by atoms with Gasteiger partial charge in [0.2, 0.25) is 5.28 Å². The molecule has 14 heteroatoms. The van der Waals surface area contributed by atoms with Gasteiger partial charge in [-0.3, -0.25) is 19.9 Å². The van der Waals surface area contributed by atoms with E-state index in [1.165, 1.54) is 25.1 Å². The van der Waals surface area contributed by atoms with E-state index in [0.717, 1.165) is 12.1 Å². The number of halogens is 4. The van der Waals surface area contributed by atoms with Gasteiger partial charge < -0.3 is 15.0 Å². The summed E-state index contributed by atoms with van der Waals surface area (Å²) in [5.41, 5.74) is -2.04. The van der Waals surface area contributed by atoms with Crippen LogP contribution in [0.2, 0.25) is 5.28 Å². The standard InChI is InChI=1S/C22H20ClF3N6O4/c1-12(13-7-14(22(24,25)26)9-15(8-13)32(34)35)28-18-16-10-31(11-17(16)29-20(23)30-18)19(33)21(36-2)3-5-27-6-4-21/h3,5-9,12H,4,10-11H2,1-2H3,(H,28,29,30)/t12?,21-/m0/s1. The molecule has 0 spiro atoms. The maximum absolute atomic E-state index is 13.3. The van der Waals surface area contributed by atoms with Crippen LogP contribution in [-0.4, -0.2) is 44.6 Å². The summed E-state index contributed by atoms with van der Waals surface area (Å²) in [6.07, 6.45) is 0.0989. The normalized spacial score (nSPS) is 19.8. The van der Waals surface area contributed by atoms with Crippen LogP contribution in [0.15, 0.2) is 35.5 Å². The van der Waals surface area contributed by atoms with Crippen molar-refractivity contribution in [1.82, 2.24) is 14.9 Å². The molecule has 1 unspecified atom stereocenters. The molecule has 0 saturated carbocycles. The molecule has 2 atom stereocenters. The van der Waals surface area contributed by atoms with E-state index in [9.17, 15) is 28.1 Å². The van der Waals surface area contributed by atoms with Gasteiger partial charge in [0.15, 0.2) is 5.60 Å². The van der Waals surface area contributed by atoms with Crippen molar-refractivity contribution in [2.75, 3.05) is 12.4 Å². The van der Waals surface area contributed by atoms with Crippen molar-refractivity contribution in [3.63, 3.8) is 0 Å². The van der Waals surface area contributed by atoms with Crippen LogP contribution in [0.25, 0.3) is 0 Å². The summed E-state index contributed by atoms with van der Waals surface area (Å²) in [7, 11) is 1.42. The van der Waals surface area contributed by atoms with E-state index in [-0.39, 0.29) is 42.1 Å². The molecule has 1 N–H and O–H groups in total. The van der Waals surface area contributed by atoms with E-state index >= 15 is 0 Å². The van der Waals surface area contributed by atoms with E-state index in [2.05, 4.69) is 20.3 Å². The molecule has 1 aromatic heterocycles. The molecular formula is C22H20ClF3N6O4. The van der Waals surface area contributed by atoms with Crippen molar-refractivity contribution in [2.24, 2.45) is 4.99 Å². The predicted molar refractivity (Wildman–Crippen MR) is 123 cm³/mol. The summed E-state index contributed by atoms with van der Waals surface area (Å²) in [6, 6.07) is 1.55. The minimum absolute atomic E-state index is 0.0240. The second-order valence-corrected chi connectivity index (χ2v) is 8.65. The van der Waals surface area contributed by atoms with Crippen LogP contribution in [0.3, 0.4) is 0 Å². The highest BCUT2D eigenvalue weighted by Gasteiger charge is 2.42. The molecule has 190 valence electrons. The highest BCUT2D eigenvalue weighted by atomic mass is 35.5. The van der Waals surface area contributed by atoms with Crippen molar-refractivity contribution in [2.45, 2.75) is 44.3 Å². The SMILES string of the molecule is CO[C@@]1(C(=O)N2Cc3nc(Cl)nc(NC(C)c4cc([N+](=O)[O-])cc(C(F)(F)F)c4)c3C2)C=CN=CC1. The van der Waals surface area contributed by atoms with Crippen LogP contribution in [-0.2, 0) is 28.8 Å². The third-order valence-corrected chi connectivity index (χ3v) is 6.20. The zero-order chi connectivity index (χ0) is 26.3. The molecule has 0 aliphatic carbocycles. The Bertz CT molecular complexity index is 1290. The minimum atomic E-state index is -4.77. The van der Waals surface area contributed by atoms with Gasteiger partial charge in [0, 0.05) is 43.6 Å². The van der Waals surface area contributed by atoms with Gasteiger partial charge in [-0.25, -0.2) is 9.97 Å². The molecule has 3 heterocycles. The molecule has 36 heavy (non-hydrogen) atoms. The van der Waals surface area contributed by atoms with Crippen molar-refractivity contribution in [3.8, 4) is 0 Å². The van der Waals surface area contributed by atoms with Crippen molar-refractivity contribution in [3.05, 3.63) is 68.3 Å². The van der Waals surface area contributed by atoms with Crippen LogP contribution in [0, 0.1) is 10.1 Å². The third kappa shape index (κ3) is 4.88. The first-order valence-electron chi connectivity index (χ1n) is 10.7. The smallest absolute Gasteiger partial charge is 0.364 e. The highest BCUT2D eigenvalue weighted by Crippen LogP contribution is 2.36. The number of aromatic nitrogens is 2. The predicted octanol–water partition coefficient (Wildman–Crippen LogP) is 4.45. The molecule has 0 radical (unpaired) electrons. The zero-order valence-corrected chi connectivity index (χ0v) is 19.8. The molecule has 0 fully saturated rings. The monoisotopic (exact) mass is 524 g/mol. The lowest BCUT2D eigenvalue weighted by atomic mass is 9.96. The van der Waals surface area contributed by atoms with Crippen molar-refractivity contribution in [1.29, 1.82) is 0 Å². The van der Waals surface area contributed by atoms with Gasteiger partial charge in [0.05, 0.1) is 35.3 Å². The number of hydrogen-bond donors (Lipinski definition) is 1. The van der Waals surface area contributed by atoms with E-state index in [1.54, 1.807) is 12.3 Å². The van der Waals surface area contributed by atoms with Gasteiger partial charge >= 0.3 is 6.18 Å². The van der Waals surface area contributed by atoms with Gasteiger partial charge in [0.1, 0.15) is 5.82 Å². The molecule has 10 nitrogen and oxygen atoms in total. The second kappa shape index (κ2) is 9.47. The van der Waals surface area contributed by atoms with Crippen LogP contribution >= 0.6 is 11.6 Å². The topological polar surface area (TPSA) is 123 Å². The molecule has 1 aromatic carbocycles. The third-order valence-electron chi connectivity index (χ3n) is 6.03. The number of ether oxygens (including phenoxy) is 1. The molecule has 2 aliphatic rings. The Labute approximate surface area is 208 Å². The maximum atomic E-state index is 13.3. The second-order valence-electron chi connectivity index (χ2n) is 8.31. The fourth-order valence-electron chi connectivity index (χ4n) is 4.08. The van der Waals surface area contributed by atoms with E-state index in [1.807, 2.05) is 0 Å². The lowest BCUT2D eigenvalue weighted by Crippen LogP contribution is -2.48. The number of amides is 1. The number of carbonyl (C=O) groups excluding carboxylic acids is 1. The average molecular weight is 525 g/mol. The minimum Gasteiger partial charge on any atom is -0.364 e. The number of nitro groups is 1. The highest BCUT2D eigenvalue weighted by molar-refractivity contribution is 6.28. The first kappa shape index (κ1) is 25.5. The Kier molecular flexibility index (Phi) is 6.71.